The average Bonchev–Trinajstić information content (AvgIpc) is 2.74. The molecule has 1 aliphatic heterocycles. The van der Waals surface area contributed by atoms with E-state index in [0.29, 0.717) is 0 Å². The van der Waals surface area contributed by atoms with Crippen molar-refractivity contribution >= 4 is 16.7 Å². The van der Waals surface area contributed by atoms with Crippen LogP contribution < -0.4 is 9.64 Å². The molecule has 0 radical (unpaired) electrons. The molecular formula is C23H25N2O2+. The van der Waals surface area contributed by atoms with Gasteiger partial charge in [0.1, 0.15) is 12.3 Å². The molecule has 0 aromatic heterocycles. The summed E-state index contributed by atoms with van der Waals surface area (Å²) in [5, 5.41) is 2.63. The Bertz CT molecular complexity index is 897. The average molecular weight is 361 g/mol. The molecule has 138 valence electrons. The van der Waals surface area contributed by atoms with Gasteiger partial charge in [-0.05, 0) is 22.9 Å². The molecule has 1 N–H and O–H groups in total. The van der Waals surface area contributed by atoms with E-state index in [-0.39, 0.29) is 12.5 Å². The van der Waals surface area contributed by atoms with Crippen LogP contribution in [0.4, 0.5) is 0 Å². The zero-order valence-corrected chi connectivity index (χ0v) is 15.4. The minimum absolute atomic E-state index is 0.0723. The van der Waals surface area contributed by atoms with Gasteiger partial charge in [-0.25, -0.2) is 0 Å². The van der Waals surface area contributed by atoms with E-state index in [0.717, 1.165) is 38.5 Å². The van der Waals surface area contributed by atoms with E-state index in [4.69, 9.17) is 4.74 Å². The topological polar surface area (TPSA) is 34.0 Å². The van der Waals surface area contributed by atoms with Crippen molar-refractivity contribution < 1.29 is 14.4 Å². The van der Waals surface area contributed by atoms with Gasteiger partial charge in [-0.1, -0.05) is 60.7 Å². The van der Waals surface area contributed by atoms with Crippen molar-refractivity contribution in [3.63, 3.8) is 0 Å². The van der Waals surface area contributed by atoms with Crippen LogP contribution in [-0.4, -0.2) is 43.6 Å². The van der Waals surface area contributed by atoms with Crippen LogP contribution in [0.25, 0.3) is 10.8 Å². The van der Waals surface area contributed by atoms with Crippen LogP contribution in [-0.2, 0) is 11.3 Å². The van der Waals surface area contributed by atoms with E-state index in [1.807, 2.05) is 35.2 Å². The van der Waals surface area contributed by atoms with Crippen LogP contribution in [0.5, 0.6) is 5.75 Å². The number of quaternary nitrogens is 1. The summed E-state index contributed by atoms with van der Waals surface area (Å²) in [5.41, 5.74) is 1.38. The molecule has 3 aromatic carbocycles. The highest BCUT2D eigenvalue weighted by atomic mass is 16.5. The molecule has 0 bridgehead atoms. The van der Waals surface area contributed by atoms with Crippen LogP contribution in [0, 0.1) is 0 Å². The van der Waals surface area contributed by atoms with Crippen molar-refractivity contribution in [1.29, 1.82) is 0 Å². The number of amides is 1. The molecule has 0 spiro atoms. The zero-order valence-electron chi connectivity index (χ0n) is 15.4. The second-order valence-electron chi connectivity index (χ2n) is 7.05. The van der Waals surface area contributed by atoms with Gasteiger partial charge in [0, 0.05) is 5.56 Å². The van der Waals surface area contributed by atoms with Gasteiger partial charge in [0.15, 0.2) is 6.61 Å². The number of piperazine rings is 1. The fraction of sp³-hybridized carbons (Fsp3) is 0.261. The summed E-state index contributed by atoms with van der Waals surface area (Å²) >= 11 is 0. The molecule has 4 rings (SSSR count). The Labute approximate surface area is 160 Å². The third kappa shape index (κ3) is 4.29. The van der Waals surface area contributed by atoms with Gasteiger partial charge in [-0.3, -0.25) is 4.79 Å². The van der Waals surface area contributed by atoms with Crippen LogP contribution in [0.1, 0.15) is 5.56 Å². The molecule has 1 fully saturated rings. The summed E-state index contributed by atoms with van der Waals surface area (Å²) < 4.78 is 5.59. The Morgan fingerprint density at radius 2 is 1.59 bits per heavy atom. The number of nitrogens with one attached hydrogen (secondary N) is 1. The monoisotopic (exact) mass is 361 g/mol. The predicted octanol–water partition coefficient (Wildman–Crippen LogP) is 2.15. The number of carbonyl (C=O) groups is 1. The first-order valence-electron chi connectivity index (χ1n) is 9.55. The van der Waals surface area contributed by atoms with E-state index in [2.05, 4.69) is 42.5 Å². The summed E-state index contributed by atoms with van der Waals surface area (Å²) in [6.45, 7) is 4.64. The third-order valence-electron chi connectivity index (χ3n) is 5.25. The maximum atomic E-state index is 12.4. The third-order valence-corrected chi connectivity index (χ3v) is 5.25. The van der Waals surface area contributed by atoms with Crippen molar-refractivity contribution in [2.75, 3.05) is 32.8 Å². The lowest BCUT2D eigenvalue weighted by Gasteiger charge is -2.32. The molecule has 0 aliphatic carbocycles. The van der Waals surface area contributed by atoms with Crippen LogP contribution >= 0.6 is 0 Å². The van der Waals surface area contributed by atoms with Gasteiger partial charge >= 0.3 is 0 Å². The van der Waals surface area contributed by atoms with E-state index < -0.39 is 0 Å². The van der Waals surface area contributed by atoms with E-state index in [1.165, 1.54) is 21.2 Å². The normalized spacial score (nSPS) is 15.0. The fourth-order valence-corrected chi connectivity index (χ4v) is 3.72. The van der Waals surface area contributed by atoms with Crippen molar-refractivity contribution in [3.05, 3.63) is 78.4 Å². The molecular weight excluding hydrogens is 336 g/mol. The number of carbonyl (C=O) groups excluding carboxylic acids is 1. The number of benzene rings is 3. The molecule has 0 saturated carbocycles. The van der Waals surface area contributed by atoms with E-state index in [9.17, 15) is 4.79 Å². The number of para-hydroxylation sites is 1. The molecule has 1 saturated heterocycles. The maximum absolute atomic E-state index is 12.4. The van der Waals surface area contributed by atoms with Crippen LogP contribution in [0.2, 0.25) is 0 Å². The minimum atomic E-state index is 0.0723. The molecule has 27 heavy (non-hydrogen) atoms. The van der Waals surface area contributed by atoms with Crippen molar-refractivity contribution in [3.8, 4) is 5.75 Å². The SMILES string of the molecule is O=C(COc1ccccc1)N1CC[NH+](Cc2cccc3ccccc23)CC1. The highest BCUT2D eigenvalue weighted by molar-refractivity contribution is 5.85. The number of hydrogen-bond acceptors (Lipinski definition) is 2. The Hall–Kier alpha value is -2.85. The Kier molecular flexibility index (Phi) is 5.35. The number of ether oxygens (including phenoxy) is 1. The molecule has 3 aromatic rings. The first kappa shape index (κ1) is 17.6. The molecule has 1 amide bonds. The van der Waals surface area contributed by atoms with E-state index in [1.54, 1.807) is 0 Å². The van der Waals surface area contributed by atoms with Gasteiger partial charge in [-0.2, -0.15) is 0 Å². The lowest BCUT2D eigenvalue weighted by molar-refractivity contribution is -0.917. The Morgan fingerprint density at radius 3 is 2.41 bits per heavy atom. The van der Waals surface area contributed by atoms with Gasteiger partial charge in [-0.15, -0.1) is 0 Å². The number of rotatable bonds is 5. The predicted molar refractivity (Wildman–Crippen MR) is 107 cm³/mol. The molecule has 4 heteroatoms. The molecule has 1 aliphatic rings. The molecule has 0 atom stereocenters. The lowest BCUT2D eigenvalue weighted by atomic mass is 10.0. The van der Waals surface area contributed by atoms with Gasteiger partial charge < -0.3 is 14.5 Å². The minimum Gasteiger partial charge on any atom is -0.484 e. The fourth-order valence-electron chi connectivity index (χ4n) is 3.72. The molecule has 0 unspecified atom stereocenters. The summed E-state index contributed by atoms with van der Waals surface area (Å²) in [4.78, 5) is 15.9. The van der Waals surface area contributed by atoms with Gasteiger partial charge in [0.2, 0.25) is 0 Å². The highest BCUT2D eigenvalue weighted by Crippen LogP contribution is 2.17. The standard InChI is InChI=1S/C23H24N2O2/c26-23(18-27-21-10-2-1-3-11-21)25-15-13-24(14-16-25)17-20-9-6-8-19-7-4-5-12-22(19)20/h1-12H,13-18H2/p+1. The number of hydrogen-bond donors (Lipinski definition) is 1. The quantitative estimate of drug-likeness (QED) is 0.756. The first-order valence-corrected chi connectivity index (χ1v) is 9.55. The number of fused-ring (bicyclic) bond motifs is 1. The van der Waals surface area contributed by atoms with Crippen LogP contribution in [0.3, 0.4) is 0 Å². The van der Waals surface area contributed by atoms with E-state index >= 15 is 0 Å². The molecule has 4 nitrogen and oxygen atoms in total. The lowest BCUT2D eigenvalue weighted by Crippen LogP contribution is -3.13. The highest BCUT2D eigenvalue weighted by Gasteiger charge is 2.24. The summed E-state index contributed by atoms with van der Waals surface area (Å²) in [5.74, 6) is 0.814. The second-order valence-corrected chi connectivity index (χ2v) is 7.05. The van der Waals surface area contributed by atoms with Gasteiger partial charge in [0.25, 0.3) is 5.91 Å². The zero-order chi connectivity index (χ0) is 18.5. The second kappa shape index (κ2) is 8.23. The summed E-state index contributed by atoms with van der Waals surface area (Å²) in [7, 11) is 0. The maximum Gasteiger partial charge on any atom is 0.260 e. The Morgan fingerprint density at radius 1 is 0.889 bits per heavy atom. The van der Waals surface area contributed by atoms with Crippen molar-refractivity contribution in [2.45, 2.75) is 6.54 Å². The molecule has 1 heterocycles. The smallest absolute Gasteiger partial charge is 0.260 e. The largest absolute Gasteiger partial charge is 0.484 e. The Balaban J connectivity index is 1.30. The van der Waals surface area contributed by atoms with Crippen LogP contribution in [0.15, 0.2) is 72.8 Å². The summed E-state index contributed by atoms with van der Waals surface area (Å²) in [6.07, 6.45) is 0. The van der Waals surface area contributed by atoms with Gasteiger partial charge in [0.05, 0.1) is 26.2 Å². The summed E-state index contributed by atoms with van der Waals surface area (Å²) in [6, 6.07) is 24.6. The first-order chi connectivity index (χ1) is 13.3. The van der Waals surface area contributed by atoms with Crippen molar-refractivity contribution in [2.24, 2.45) is 0 Å². The number of nitrogens with zero attached hydrogens (tertiary/aromatic N) is 1. The van der Waals surface area contributed by atoms with Crippen molar-refractivity contribution in [1.82, 2.24) is 4.90 Å².